The molecule has 0 bridgehead atoms. The van der Waals surface area contributed by atoms with Crippen molar-refractivity contribution in [3.8, 4) is 5.75 Å². The van der Waals surface area contributed by atoms with Gasteiger partial charge in [0.1, 0.15) is 12.4 Å². The number of aromatic nitrogens is 3. The largest absolute Gasteiger partial charge is 0.492 e. The Balaban J connectivity index is 1.85. The van der Waals surface area contributed by atoms with Crippen LogP contribution in [-0.4, -0.2) is 28.1 Å². The molecule has 1 aromatic carbocycles. The molecule has 0 spiro atoms. The lowest BCUT2D eigenvalue weighted by molar-refractivity contribution is 0.289. The monoisotopic (exact) mass is 260 g/mol. The Labute approximate surface area is 113 Å². The fourth-order valence-electron chi connectivity index (χ4n) is 1.98. The van der Waals surface area contributed by atoms with Crippen molar-refractivity contribution in [1.29, 1.82) is 0 Å². The molecule has 2 aromatic rings. The molecule has 0 radical (unpaired) electrons. The topological polar surface area (TPSA) is 66.0 Å². The molecule has 102 valence electrons. The molecule has 2 N–H and O–H groups in total. The summed E-state index contributed by atoms with van der Waals surface area (Å²) in [7, 11) is 0. The van der Waals surface area contributed by atoms with E-state index < -0.39 is 0 Å². The lowest BCUT2D eigenvalue weighted by atomic mass is 10.1. The predicted octanol–water partition coefficient (Wildman–Crippen LogP) is 1.48. The van der Waals surface area contributed by atoms with Crippen LogP contribution >= 0.6 is 0 Å². The third-order valence-electron chi connectivity index (χ3n) is 2.77. The number of hydrogen-bond donors (Lipinski definition) is 1. The van der Waals surface area contributed by atoms with Crippen LogP contribution in [0.3, 0.4) is 0 Å². The van der Waals surface area contributed by atoms with Crippen LogP contribution in [0.15, 0.2) is 24.4 Å². The molecule has 1 heterocycles. The maximum Gasteiger partial charge on any atom is 0.119 e. The van der Waals surface area contributed by atoms with Crippen molar-refractivity contribution in [2.75, 3.05) is 13.2 Å². The summed E-state index contributed by atoms with van der Waals surface area (Å²) in [6.45, 7) is 5.99. The van der Waals surface area contributed by atoms with Crippen LogP contribution in [0.5, 0.6) is 5.75 Å². The van der Waals surface area contributed by atoms with Gasteiger partial charge in [-0.15, -0.1) is 5.10 Å². The lowest BCUT2D eigenvalue weighted by Gasteiger charge is -2.07. The molecule has 0 fully saturated rings. The van der Waals surface area contributed by atoms with E-state index in [-0.39, 0.29) is 0 Å². The number of aryl methyl sites for hydroxylation is 2. The van der Waals surface area contributed by atoms with Crippen LogP contribution in [0.2, 0.25) is 0 Å². The van der Waals surface area contributed by atoms with Gasteiger partial charge in [-0.2, -0.15) is 0 Å². The molecule has 0 aliphatic rings. The third-order valence-corrected chi connectivity index (χ3v) is 2.77. The van der Waals surface area contributed by atoms with Crippen LogP contribution in [-0.2, 0) is 13.0 Å². The summed E-state index contributed by atoms with van der Waals surface area (Å²) in [5.74, 6) is 0.903. The fourth-order valence-corrected chi connectivity index (χ4v) is 1.98. The second-order valence-corrected chi connectivity index (χ2v) is 4.68. The lowest BCUT2D eigenvalue weighted by Crippen LogP contribution is -2.09. The third kappa shape index (κ3) is 4.06. The Morgan fingerprint density at radius 2 is 1.95 bits per heavy atom. The first-order valence-electron chi connectivity index (χ1n) is 6.47. The van der Waals surface area contributed by atoms with Gasteiger partial charge in [-0.1, -0.05) is 11.3 Å². The summed E-state index contributed by atoms with van der Waals surface area (Å²) in [5.41, 5.74) is 8.82. The number of benzene rings is 1. The SMILES string of the molecule is Cc1cc(C)cc(OCCn2cc(CCN)nn2)c1. The highest BCUT2D eigenvalue weighted by Crippen LogP contribution is 2.16. The quantitative estimate of drug-likeness (QED) is 0.854. The van der Waals surface area contributed by atoms with Crippen molar-refractivity contribution in [2.24, 2.45) is 5.73 Å². The van der Waals surface area contributed by atoms with E-state index in [2.05, 4.69) is 30.2 Å². The molecule has 0 saturated carbocycles. The Morgan fingerprint density at radius 3 is 2.63 bits per heavy atom. The number of rotatable bonds is 6. The van der Waals surface area contributed by atoms with Gasteiger partial charge in [0, 0.05) is 12.6 Å². The van der Waals surface area contributed by atoms with Crippen LogP contribution in [0.25, 0.3) is 0 Å². The Kier molecular flexibility index (Phi) is 4.52. The molecule has 1 aromatic heterocycles. The highest BCUT2D eigenvalue weighted by Gasteiger charge is 2.01. The smallest absolute Gasteiger partial charge is 0.119 e. The first-order valence-corrected chi connectivity index (χ1v) is 6.47. The van der Waals surface area contributed by atoms with Gasteiger partial charge in [-0.25, -0.2) is 4.68 Å². The van der Waals surface area contributed by atoms with E-state index in [1.807, 2.05) is 18.3 Å². The van der Waals surface area contributed by atoms with Crippen molar-refractivity contribution >= 4 is 0 Å². The van der Waals surface area contributed by atoms with E-state index in [0.29, 0.717) is 19.7 Å². The standard InChI is InChI=1S/C14H20N4O/c1-11-7-12(2)9-14(8-11)19-6-5-18-10-13(3-4-15)16-17-18/h7-10H,3-6,15H2,1-2H3. The minimum atomic E-state index is 0.578. The summed E-state index contributed by atoms with van der Waals surface area (Å²) < 4.78 is 7.51. The van der Waals surface area contributed by atoms with Gasteiger partial charge in [0.15, 0.2) is 0 Å². The van der Waals surface area contributed by atoms with Crippen molar-refractivity contribution in [1.82, 2.24) is 15.0 Å². The van der Waals surface area contributed by atoms with E-state index in [9.17, 15) is 0 Å². The van der Waals surface area contributed by atoms with E-state index in [1.165, 1.54) is 11.1 Å². The molecule has 19 heavy (non-hydrogen) atoms. The van der Waals surface area contributed by atoms with Crippen molar-refractivity contribution < 1.29 is 4.74 Å². The fraction of sp³-hybridized carbons (Fsp3) is 0.429. The molecule has 0 unspecified atom stereocenters. The second-order valence-electron chi connectivity index (χ2n) is 4.68. The Morgan fingerprint density at radius 1 is 1.21 bits per heavy atom. The molecule has 0 aliphatic carbocycles. The second kappa shape index (κ2) is 6.33. The Hall–Kier alpha value is -1.88. The zero-order chi connectivity index (χ0) is 13.7. The average molecular weight is 260 g/mol. The molecule has 0 saturated heterocycles. The normalized spacial score (nSPS) is 10.7. The predicted molar refractivity (Wildman–Crippen MR) is 74.2 cm³/mol. The minimum absolute atomic E-state index is 0.578. The molecule has 0 aliphatic heterocycles. The highest BCUT2D eigenvalue weighted by molar-refractivity contribution is 5.32. The zero-order valence-corrected chi connectivity index (χ0v) is 11.5. The summed E-state index contributed by atoms with van der Waals surface area (Å²) in [4.78, 5) is 0. The van der Waals surface area contributed by atoms with Crippen LogP contribution in [0.4, 0.5) is 0 Å². The van der Waals surface area contributed by atoms with Gasteiger partial charge in [-0.3, -0.25) is 0 Å². The summed E-state index contributed by atoms with van der Waals surface area (Å²) >= 11 is 0. The molecular formula is C14H20N4O. The van der Waals surface area contributed by atoms with Crippen molar-refractivity contribution in [3.63, 3.8) is 0 Å². The van der Waals surface area contributed by atoms with E-state index >= 15 is 0 Å². The number of hydrogen-bond acceptors (Lipinski definition) is 4. The maximum atomic E-state index is 5.73. The van der Waals surface area contributed by atoms with E-state index in [4.69, 9.17) is 10.5 Å². The van der Waals surface area contributed by atoms with Gasteiger partial charge in [0.05, 0.1) is 12.2 Å². The van der Waals surface area contributed by atoms with Crippen molar-refractivity contribution in [2.45, 2.75) is 26.8 Å². The van der Waals surface area contributed by atoms with Gasteiger partial charge >= 0.3 is 0 Å². The van der Waals surface area contributed by atoms with E-state index in [0.717, 1.165) is 17.9 Å². The van der Waals surface area contributed by atoms with Gasteiger partial charge in [0.2, 0.25) is 0 Å². The first kappa shape index (κ1) is 13.5. The molecule has 5 heteroatoms. The number of nitrogens with zero attached hydrogens (tertiary/aromatic N) is 3. The van der Waals surface area contributed by atoms with Crippen LogP contribution < -0.4 is 10.5 Å². The van der Waals surface area contributed by atoms with Crippen molar-refractivity contribution in [3.05, 3.63) is 41.2 Å². The maximum absolute atomic E-state index is 5.73. The Bertz CT molecular complexity index is 516. The van der Waals surface area contributed by atoms with Gasteiger partial charge < -0.3 is 10.5 Å². The number of nitrogens with two attached hydrogens (primary N) is 1. The van der Waals surface area contributed by atoms with Crippen LogP contribution in [0.1, 0.15) is 16.8 Å². The van der Waals surface area contributed by atoms with E-state index in [1.54, 1.807) is 4.68 Å². The molecule has 5 nitrogen and oxygen atoms in total. The van der Waals surface area contributed by atoms with Gasteiger partial charge in [0.25, 0.3) is 0 Å². The molecule has 0 amide bonds. The molecule has 2 rings (SSSR count). The summed E-state index contributed by atoms with van der Waals surface area (Å²) in [6, 6.07) is 6.20. The zero-order valence-electron chi connectivity index (χ0n) is 11.5. The summed E-state index contributed by atoms with van der Waals surface area (Å²) in [5, 5.41) is 8.07. The summed E-state index contributed by atoms with van der Waals surface area (Å²) in [6.07, 6.45) is 2.68. The highest BCUT2D eigenvalue weighted by atomic mass is 16.5. The molecule has 0 atom stereocenters. The average Bonchev–Trinajstić information content (AvgIpc) is 2.76. The number of ether oxygens (including phenoxy) is 1. The molecular weight excluding hydrogens is 240 g/mol. The van der Waals surface area contributed by atoms with Gasteiger partial charge in [-0.05, 0) is 43.7 Å². The minimum Gasteiger partial charge on any atom is -0.492 e. The first-order chi connectivity index (χ1) is 9.17. The van der Waals surface area contributed by atoms with Crippen LogP contribution in [0, 0.1) is 13.8 Å².